The van der Waals surface area contributed by atoms with Crippen LogP contribution >= 0.6 is 0 Å². The highest BCUT2D eigenvalue weighted by Gasteiger charge is 2.21. The lowest BCUT2D eigenvalue weighted by Gasteiger charge is -2.03. The first-order valence-corrected chi connectivity index (χ1v) is 8.63. The summed E-state index contributed by atoms with van der Waals surface area (Å²) in [6.45, 7) is 4.94. The fourth-order valence-corrected chi connectivity index (χ4v) is 2.42. The van der Waals surface area contributed by atoms with Gasteiger partial charge >= 0.3 is 0 Å². The van der Waals surface area contributed by atoms with Gasteiger partial charge in [-0.1, -0.05) is 167 Å². The summed E-state index contributed by atoms with van der Waals surface area (Å²) < 4.78 is 10.6. The van der Waals surface area contributed by atoms with Gasteiger partial charge in [0.2, 0.25) is 0 Å². The zero-order valence-corrected chi connectivity index (χ0v) is 13.0. The van der Waals surface area contributed by atoms with E-state index in [2.05, 4.69) is 6.92 Å². The minimum absolute atomic E-state index is 0. The predicted octanol–water partition coefficient (Wildman–Crippen LogP) is 12.7. The van der Waals surface area contributed by atoms with Crippen LogP contribution in [-0.2, 0) is 9.47 Å². The first-order valence-electron chi connectivity index (χ1n) is 8.63. The summed E-state index contributed by atoms with van der Waals surface area (Å²) in [5.41, 5.74) is 0. The van der Waals surface area contributed by atoms with Gasteiger partial charge in [0.25, 0.3) is 0 Å². The van der Waals surface area contributed by atoms with Gasteiger partial charge in [0, 0.05) is 6.61 Å². The monoisotopic (exact) mass is 463 g/mol. The fourth-order valence-electron chi connectivity index (χ4n) is 2.42. The summed E-state index contributed by atoms with van der Waals surface area (Å²) in [5, 5.41) is 0. The van der Waals surface area contributed by atoms with Gasteiger partial charge in [0.1, 0.15) is 6.10 Å². The van der Waals surface area contributed by atoms with E-state index in [0.29, 0.717) is 6.10 Å². The van der Waals surface area contributed by atoms with Crippen LogP contribution in [0.1, 0.15) is 173 Å². The summed E-state index contributed by atoms with van der Waals surface area (Å²) in [4.78, 5) is 0. The lowest BCUT2D eigenvalue weighted by molar-refractivity contribution is 0.113. The highest BCUT2D eigenvalue weighted by molar-refractivity contribution is 4.66. The van der Waals surface area contributed by atoms with E-state index in [1.165, 1.54) is 77.0 Å². The molecule has 1 unspecified atom stereocenters. The number of unbranched alkanes of at least 4 members (excludes halogenated alkanes) is 11. The van der Waals surface area contributed by atoms with Crippen LogP contribution in [0.2, 0.25) is 0 Å². The van der Waals surface area contributed by atoms with Crippen LogP contribution < -0.4 is 0 Å². The zero-order valence-electron chi connectivity index (χ0n) is 13.0. The molecule has 2 nitrogen and oxygen atoms in total. The van der Waals surface area contributed by atoms with Crippen molar-refractivity contribution in [2.75, 3.05) is 19.8 Å². The minimum Gasteiger partial charge on any atom is -0.379 e. The smallest absolute Gasteiger partial charge is 0.104 e. The third-order valence-electron chi connectivity index (χ3n) is 3.85. The molecular formula is C29H82O2. The second kappa shape index (κ2) is 63.1. The van der Waals surface area contributed by atoms with Crippen LogP contribution in [0, 0.1) is 0 Å². The normalized spacial score (nSPS) is 10.9. The first-order chi connectivity index (χ1) is 9.43. The van der Waals surface area contributed by atoms with E-state index in [1.54, 1.807) is 0 Å². The molecule has 1 aliphatic rings. The molecule has 1 heterocycles. The van der Waals surface area contributed by atoms with E-state index >= 15 is 0 Å². The third-order valence-corrected chi connectivity index (χ3v) is 3.85. The Morgan fingerprint density at radius 1 is 0.516 bits per heavy atom. The summed E-state index contributed by atoms with van der Waals surface area (Å²) in [7, 11) is 0. The number of hydrogen-bond donors (Lipinski definition) is 0. The maximum atomic E-state index is 5.52. The van der Waals surface area contributed by atoms with Gasteiger partial charge in [-0.3, -0.25) is 0 Å². The van der Waals surface area contributed by atoms with Crippen LogP contribution in [0.25, 0.3) is 0 Å². The van der Waals surface area contributed by atoms with Crippen LogP contribution in [0.3, 0.4) is 0 Å². The molecule has 0 spiro atoms. The number of ether oxygens (including phenoxy) is 2. The molecule has 0 aromatic carbocycles. The molecular weight excluding hydrogens is 380 g/mol. The topological polar surface area (TPSA) is 21.8 Å². The molecule has 1 fully saturated rings. The average Bonchev–Trinajstić information content (AvgIpc) is 3.23. The van der Waals surface area contributed by atoms with E-state index in [1.807, 2.05) is 0 Å². The van der Waals surface area contributed by atoms with E-state index in [0.717, 1.165) is 19.8 Å². The van der Waals surface area contributed by atoms with E-state index < -0.39 is 0 Å². The molecule has 0 aliphatic carbocycles. The Hall–Kier alpha value is -0.0800. The van der Waals surface area contributed by atoms with Crippen molar-refractivity contribution in [3.8, 4) is 0 Å². The van der Waals surface area contributed by atoms with Crippen molar-refractivity contribution in [3.63, 3.8) is 0 Å². The van der Waals surface area contributed by atoms with Crippen LogP contribution in [-0.4, -0.2) is 25.9 Å². The van der Waals surface area contributed by atoms with Crippen LogP contribution in [0.5, 0.6) is 0 Å². The molecule has 0 amide bonds. The quantitative estimate of drug-likeness (QED) is 0.178. The molecule has 0 saturated carbocycles. The molecule has 0 aromatic heterocycles. The van der Waals surface area contributed by atoms with Crippen molar-refractivity contribution >= 4 is 0 Å². The molecule has 1 aliphatic heterocycles. The van der Waals surface area contributed by atoms with Crippen molar-refractivity contribution in [3.05, 3.63) is 0 Å². The maximum absolute atomic E-state index is 5.52. The van der Waals surface area contributed by atoms with Gasteiger partial charge in [0.05, 0.1) is 13.2 Å². The van der Waals surface area contributed by atoms with E-state index in [-0.39, 0.29) is 89.1 Å². The Labute approximate surface area is 208 Å². The van der Waals surface area contributed by atoms with Gasteiger partial charge in [-0.15, -0.1) is 0 Å². The van der Waals surface area contributed by atoms with Gasteiger partial charge < -0.3 is 9.47 Å². The molecule has 0 radical (unpaired) electrons. The highest BCUT2D eigenvalue weighted by atomic mass is 16.6. The second-order valence-corrected chi connectivity index (χ2v) is 5.92. The second-order valence-electron chi connectivity index (χ2n) is 5.92. The Morgan fingerprint density at radius 3 is 1.10 bits per heavy atom. The molecule has 0 bridgehead atoms. The SMILES string of the molecule is C.C.C.C.C.C.C.C.C.C.C.C.CCCCCCCCCCCCCCOCC1CO1. The number of epoxide rings is 1. The van der Waals surface area contributed by atoms with Gasteiger partial charge in [-0.25, -0.2) is 0 Å². The van der Waals surface area contributed by atoms with E-state index in [9.17, 15) is 0 Å². The highest BCUT2D eigenvalue weighted by Crippen LogP contribution is 2.12. The molecule has 1 rings (SSSR count). The lowest BCUT2D eigenvalue weighted by Crippen LogP contribution is -2.02. The van der Waals surface area contributed by atoms with Crippen molar-refractivity contribution < 1.29 is 9.47 Å². The predicted molar refractivity (Wildman–Crippen MR) is 162 cm³/mol. The fraction of sp³-hybridized carbons (Fsp3) is 1.00. The largest absolute Gasteiger partial charge is 0.379 e. The van der Waals surface area contributed by atoms with Crippen molar-refractivity contribution in [2.45, 2.75) is 179 Å². The Bertz CT molecular complexity index is 180. The maximum Gasteiger partial charge on any atom is 0.104 e. The Balaban J connectivity index is -0.0000000301. The average molecular weight is 463 g/mol. The molecule has 210 valence electrons. The third kappa shape index (κ3) is 65.2. The molecule has 0 aromatic rings. The van der Waals surface area contributed by atoms with Gasteiger partial charge in [-0.2, -0.15) is 0 Å². The Morgan fingerprint density at radius 2 is 0.806 bits per heavy atom. The molecule has 0 N–H and O–H groups in total. The summed E-state index contributed by atoms with van der Waals surface area (Å²) in [5.74, 6) is 0. The van der Waals surface area contributed by atoms with E-state index in [4.69, 9.17) is 9.47 Å². The lowest BCUT2D eigenvalue weighted by atomic mass is 10.1. The zero-order chi connectivity index (χ0) is 13.6. The van der Waals surface area contributed by atoms with Crippen molar-refractivity contribution in [1.29, 1.82) is 0 Å². The van der Waals surface area contributed by atoms with Gasteiger partial charge in [0.15, 0.2) is 0 Å². The molecule has 2 heteroatoms. The summed E-state index contributed by atoms with van der Waals surface area (Å²) >= 11 is 0. The number of rotatable bonds is 15. The molecule has 31 heavy (non-hydrogen) atoms. The van der Waals surface area contributed by atoms with Crippen LogP contribution in [0.15, 0.2) is 0 Å². The van der Waals surface area contributed by atoms with Crippen molar-refractivity contribution in [2.24, 2.45) is 0 Å². The molecule has 1 saturated heterocycles. The standard InChI is InChI=1S/C17H34O2.12CH4/c1-2-3-4-5-6-7-8-9-10-11-12-13-14-18-15-17-16-19-17;;;;;;;;;;;;/h17H,2-16H2,1H3;12*1H4. The molecule has 1 atom stereocenters. The van der Waals surface area contributed by atoms with Crippen LogP contribution in [0.4, 0.5) is 0 Å². The summed E-state index contributed by atoms with van der Waals surface area (Å²) in [6, 6.07) is 0. The van der Waals surface area contributed by atoms with Gasteiger partial charge in [-0.05, 0) is 6.42 Å². The Kier molecular flexibility index (Phi) is 157. The minimum atomic E-state index is 0. The first kappa shape index (κ1) is 77.3. The summed E-state index contributed by atoms with van der Waals surface area (Å²) in [6.07, 6.45) is 17.3. The number of hydrogen-bond acceptors (Lipinski definition) is 2. The van der Waals surface area contributed by atoms with Crippen molar-refractivity contribution in [1.82, 2.24) is 0 Å².